The summed E-state index contributed by atoms with van der Waals surface area (Å²) < 4.78 is 32.5. The Morgan fingerprint density at radius 3 is 2.71 bits per heavy atom. The minimum absolute atomic E-state index is 0.181. The molecule has 21 heavy (non-hydrogen) atoms. The van der Waals surface area contributed by atoms with Crippen LogP contribution in [0.1, 0.15) is 5.56 Å². The number of sulfonamides is 1. The Morgan fingerprint density at radius 1 is 1.38 bits per heavy atom. The van der Waals surface area contributed by atoms with E-state index in [1.54, 1.807) is 35.7 Å². The molecule has 0 fully saturated rings. The van der Waals surface area contributed by atoms with Crippen LogP contribution in [-0.2, 0) is 10.0 Å². The van der Waals surface area contributed by atoms with Crippen molar-refractivity contribution >= 4 is 27.0 Å². The second-order valence-electron chi connectivity index (χ2n) is 4.43. The smallest absolute Gasteiger partial charge is 0.274 e. The van der Waals surface area contributed by atoms with Gasteiger partial charge in [-0.2, -0.15) is 0 Å². The molecule has 0 atom stereocenters. The summed E-state index contributed by atoms with van der Waals surface area (Å²) in [6.07, 6.45) is 1.56. The van der Waals surface area contributed by atoms with E-state index >= 15 is 0 Å². The van der Waals surface area contributed by atoms with Crippen molar-refractivity contribution in [3.8, 4) is 5.75 Å². The fourth-order valence-electron chi connectivity index (χ4n) is 1.96. The summed E-state index contributed by atoms with van der Waals surface area (Å²) in [5, 5.41) is 1.74. The molecule has 0 N–H and O–H groups in total. The lowest BCUT2D eigenvalue weighted by Crippen LogP contribution is -2.31. The first-order chi connectivity index (χ1) is 10.0. The van der Waals surface area contributed by atoms with Crippen LogP contribution in [-0.4, -0.2) is 22.1 Å². The van der Waals surface area contributed by atoms with Gasteiger partial charge in [0.05, 0.1) is 19.3 Å². The van der Waals surface area contributed by atoms with Crippen LogP contribution in [0.2, 0.25) is 0 Å². The minimum atomic E-state index is -3.62. The Hall–Kier alpha value is -1.79. The quantitative estimate of drug-likeness (QED) is 0.765. The molecule has 0 aliphatic rings. The van der Waals surface area contributed by atoms with Gasteiger partial charge in [0.2, 0.25) is 0 Å². The first-order valence-electron chi connectivity index (χ1n) is 6.32. The van der Waals surface area contributed by atoms with Gasteiger partial charge >= 0.3 is 0 Å². The van der Waals surface area contributed by atoms with E-state index in [1.807, 2.05) is 13.0 Å². The number of hydrogen-bond donors (Lipinski definition) is 0. The molecule has 0 aliphatic carbocycles. The molecule has 0 saturated heterocycles. The maximum absolute atomic E-state index is 12.8. The third kappa shape index (κ3) is 3.11. The molecule has 0 spiro atoms. The predicted octanol–water partition coefficient (Wildman–Crippen LogP) is 3.45. The van der Waals surface area contributed by atoms with Crippen LogP contribution in [0.15, 0.2) is 52.6 Å². The highest BCUT2D eigenvalue weighted by Crippen LogP contribution is 2.34. The highest BCUT2D eigenvalue weighted by molar-refractivity contribution is 7.94. The van der Waals surface area contributed by atoms with Crippen LogP contribution in [0, 0.1) is 6.92 Å². The number of methoxy groups -OCH3 is 1. The molecule has 0 unspecified atom stereocenters. The number of aryl methyl sites for hydroxylation is 1. The first-order valence-corrected chi connectivity index (χ1v) is 8.64. The van der Waals surface area contributed by atoms with Crippen LogP contribution >= 0.6 is 11.3 Å². The summed E-state index contributed by atoms with van der Waals surface area (Å²) >= 11 is 1.19. The topological polar surface area (TPSA) is 46.6 Å². The zero-order valence-electron chi connectivity index (χ0n) is 11.9. The molecular weight excluding hydrogens is 306 g/mol. The lowest BCUT2D eigenvalue weighted by molar-refractivity contribution is 0.415. The summed E-state index contributed by atoms with van der Waals surface area (Å²) in [4.78, 5) is 0. The van der Waals surface area contributed by atoms with E-state index in [0.717, 1.165) is 5.56 Å². The van der Waals surface area contributed by atoms with Crippen molar-refractivity contribution in [2.45, 2.75) is 11.1 Å². The zero-order valence-corrected chi connectivity index (χ0v) is 13.6. The van der Waals surface area contributed by atoms with E-state index in [4.69, 9.17) is 4.74 Å². The highest BCUT2D eigenvalue weighted by atomic mass is 32.2. The number of benzene rings is 1. The van der Waals surface area contributed by atoms with Gasteiger partial charge in [-0.1, -0.05) is 18.2 Å². The second kappa shape index (κ2) is 6.32. The van der Waals surface area contributed by atoms with Gasteiger partial charge in [-0.15, -0.1) is 17.9 Å². The SMILES string of the molecule is C=CCN(c1cc(C)ccc1OC)S(=O)(=O)c1cccs1. The van der Waals surface area contributed by atoms with Crippen LogP contribution in [0.5, 0.6) is 5.75 Å². The van der Waals surface area contributed by atoms with Crippen LogP contribution in [0.3, 0.4) is 0 Å². The van der Waals surface area contributed by atoms with Gasteiger partial charge in [0.15, 0.2) is 0 Å². The van der Waals surface area contributed by atoms with Gasteiger partial charge in [-0.25, -0.2) is 8.42 Å². The molecule has 1 aromatic heterocycles. The summed E-state index contributed by atoms with van der Waals surface area (Å²) in [5.74, 6) is 0.516. The van der Waals surface area contributed by atoms with E-state index in [2.05, 4.69) is 6.58 Å². The maximum atomic E-state index is 12.8. The lowest BCUT2D eigenvalue weighted by Gasteiger charge is -2.24. The number of ether oxygens (including phenoxy) is 1. The summed E-state index contributed by atoms with van der Waals surface area (Å²) in [5.41, 5.74) is 1.48. The van der Waals surface area contributed by atoms with E-state index in [-0.39, 0.29) is 6.54 Å². The molecule has 112 valence electrons. The molecular formula is C15H17NO3S2. The Labute approximate surface area is 129 Å². The standard InChI is InChI=1S/C15H17NO3S2/c1-4-9-16(21(17,18)15-6-5-10-20-15)13-11-12(2)7-8-14(13)19-3/h4-8,10-11H,1,9H2,2-3H3. The van der Waals surface area contributed by atoms with E-state index in [0.29, 0.717) is 15.6 Å². The molecule has 0 aliphatic heterocycles. The van der Waals surface area contributed by atoms with Crippen molar-refractivity contribution in [3.05, 3.63) is 53.9 Å². The molecule has 4 nitrogen and oxygen atoms in total. The fraction of sp³-hybridized carbons (Fsp3) is 0.200. The van der Waals surface area contributed by atoms with Gasteiger partial charge in [-0.05, 0) is 36.1 Å². The summed E-state index contributed by atoms with van der Waals surface area (Å²) in [6, 6.07) is 8.76. The Bertz CT molecular complexity index is 721. The molecule has 1 heterocycles. The van der Waals surface area contributed by atoms with Crippen molar-refractivity contribution < 1.29 is 13.2 Å². The molecule has 2 aromatic rings. The lowest BCUT2D eigenvalue weighted by atomic mass is 10.2. The van der Waals surface area contributed by atoms with E-state index in [9.17, 15) is 8.42 Å². The summed E-state index contributed by atoms with van der Waals surface area (Å²) in [7, 11) is -2.10. The average Bonchev–Trinajstić information content (AvgIpc) is 2.99. The van der Waals surface area contributed by atoms with Gasteiger partial charge in [0.1, 0.15) is 9.96 Å². The van der Waals surface area contributed by atoms with Gasteiger partial charge in [0.25, 0.3) is 10.0 Å². The minimum Gasteiger partial charge on any atom is -0.495 e. The summed E-state index contributed by atoms with van der Waals surface area (Å²) in [6.45, 7) is 5.75. The Balaban J connectivity index is 2.59. The molecule has 0 saturated carbocycles. The van der Waals surface area contributed by atoms with Crippen molar-refractivity contribution in [2.75, 3.05) is 18.0 Å². The largest absolute Gasteiger partial charge is 0.495 e. The normalized spacial score (nSPS) is 11.1. The van der Waals surface area contributed by atoms with Gasteiger partial charge in [0, 0.05) is 0 Å². The highest BCUT2D eigenvalue weighted by Gasteiger charge is 2.27. The predicted molar refractivity (Wildman–Crippen MR) is 86.8 cm³/mol. The van der Waals surface area contributed by atoms with Crippen LogP contribution in [0.4, 0.5) is 5.69 Å². The zero-order chi connectivity index (χ0) is 15.5. The number of thiophene rings is 1. The number of nitrogens with zero attached hydrogens (tertiary/aromatic N) is 1. The number of hydrogen-bond acceptors (Lipinski definition) is 4. The molecule has 6 heteroatoms. The number of anilines is 1. The van der Waals surface area contributed by atoms with Crippen molar-refractivity contribution in [3.63, 3.8) is 0 Å². The third-order valence-electron chi connectivity index (χ3n) is 2.94. The van der Waals surface area contributed by atoms with Gasteiger partial charge in [-0.3, -0.25) is 4.31 Å². The van der Waals surface area contributed by atoms with Crippen molar-refractivity contribution in [1.29, 1.82) is 0 Å². The van der Waals surface area contributed by atoms with E-state index < -0.39 is 10.0 Å². The first kappa shape index (κ1) is 15.6. The fourth-order valence-corrected chi connectivity index (χ4v) is 4.50. The van der Waals surface area contributed by atoms with Crippen molar-refractivity contribution in [1.82, 2.24) is 0 Å². The number of rotatable bonds is 6. The van der Waals surface area contributed by atoms with Crippen LogP contribution < -0.4 is 9.04 Å². The molecule has 0 bridgehead atoms. The molecule has 2 rings (SSSR count). The van der Waals surface area contributed by atoms with Gasteiger partial charge < -0.3 is 4.74 Å². The molecule has 1 aromatic carbocycles. The third-order valence-corrected chi connectivity index (χ3v) is 6.09. The Morgan fingerprint density at radius 2 is 2.14 bits per heavy atom. The molecule has 0 radical (unpaired) electrons. The average molecular weight is 323 g/mol. The maximum Gasteiger partial charge on any atom is 0.274 e. The monoisotopic (exact) mass is 323 g/mol. The van der Waals surface area contributed by atoms with Crippen molar-refractivity contribution in [2.24, 2.45) is 0 Å². The molecule has 0 amide bonds. The van der Waals surface area contributed by atoms with Crippen LogP contribution in [0.25, 0.3) is 0 Å². The Kier molecular flexibility index (Phi) is 4.69. The second-order valence-corrected chi connectivity index (χ2v) is 7.47. The van der Waals surface area contributed by atoms with E-state index in [1.165, 1.54) is 22.8 Å².